The average molecular weight is 166 g/mol. The van der Waals surface area contributed by atoms with Gasteiger partial charge in [-0.15, -0.1) is 0 Å². The van der Waals surface area contributed by atoms with Crippen molar-refractivity contribution in [3.8, 4) is 0 Å². The maximum absolute atomic E-state index is 12.6. The molecule has 0 amide bonds. The molecule has 0 aliphatic heterocycles. The van der Waals surface area contributed by atoms with E-state index >= 15 is 0 Å². The van der Waals surface area contributed by atoms with Crippen LogP contribution in [0.5, 0.6) is 0 Å². The summed E-state index contributed by atoms with van der Waals surface area (Å²) in [5.41, 5.74) is -0.605. The van der Waals surface area contributed by atoms with Crippen molar-refractivity contribution in [1.82, 2.24) is 0 Å². The molecule has 1 aromatic rings. The zero-order chi connectivity index (χ0) is 9.14. The highest BCUT2D eigenvalue weighted by molar-refractivity contribution is 5.52. The predicted molar refractivity (Wildman–Crippen MR) is 39.3 cm³/mol. The van der Waals surface area contributed by atoms with Crippen molar-refractivity contribution in [2.45, 2.75) is 0 Å². The monoisotopic (exact) mass is 166 g/mol. The number of nitrogens with zero attached hydrogens (tertiary/aromatic N) is 2. The van der Waals surface area contributed by atoms with E-state index in [-0.39, 0.29) is 11.4 Å². The van der Waals surface area contributed by atoms with E-state index in [0.717, 1.165) is 18.2 Å². The van der Waals surface area contributed by atoms with Crippen LogP contribution in [0.4, 0.5) is 15.8 Å². The number of halogens is 1. The number of hydrogen-bond acceptors (Lipinski definition) is 2. The highest BCUT2D eigenvalue weighted by Crippen LogP contribution is 2.23. The smallest absolute Gasteiger partial charge is 0.258 e. The lowest BCUT2D eigenvalue weighted by atomic mass is 10.3. The van der Waals surface area contributed by atoms with Gasteiger partial charge in [0.15, 0.2) is 0 Å². The highest BCUT2D eigenvalue weighted by Gasteiger charge is 2.09. The van der Waals surface area contributed by atoms with Crippen LogP contribution >= 0.6 is 0 Å². The summed E-state index contributed by atoms with van der Waals surface area (Å²) in [7, 11) is 0. The van der Waals surface area contributed by atoms with Crippen LogP contribution in [0.25, 0.3) is 4.85 Å². The molecular weight excluding hydrogens is 163 g/mol. The first-order chi connectivity index (χ1) is 5.65. The van der Waals surface area contributed by atoms with E-state index in [2.05, 4.69) is 4.85 Å². The van der Waals surface area contributed by atoms with Crippen molar-refractivity contribution in [2.24, 2.45) is 0 Å². The quantitative estimate of drug-likeness (QED) is 0.365. The van der Waals surface area contributed by atoms with Crippen molar-refractivity contribution in [1.29, 1.82) is 0 Å². The molecule has 0 atom stereocenters. The van der Waals surface area contributed by atoms with Crippen molar-refractivity contribution in [2.75, 3.05) is 0 Å². The summed E-state index contributed by atoms with van der Waals surface area (Å²) >= 11 is 0. The zero-order valence-corrected chi connectivity index (χ0v) is 5.82. The lowest BCUT2D eigenvalue weighted by Crippen LogP contribution is -1.87. The van der Waals surface area contributed by atoms with Gasteiger partial charge < -0.3 is 0 Å². The number of nitro benzene ring substituents is 1. The summed E-state index contributed by atoms with van der Waals surface area (Å²) in [6, 6.07) is 2.83. The first-order valence-electron chi connectivity index (χ1n) is 2.96. The van der Waals surface area contributed by atoms with Crippen LogP contribution in [-0.4, -0.2) is 4.92 Å². The molecule has 0 heterocycles. The Kier molecular flexibility index (Phi) is 2.01. The maximum atomic E-state index is 12.6. The third-order valence-corrected chi connectivity index (χ3v) is 1.26. The first kappa shape index (κ1) is 8.14. The van der Waals surface area contributed by atoms with Gasteiger partial charge in [-0.2, -0.15) is 0 Å². The molecule has 0 saturated carbocycles. The molecule has 0 unspecified atom stereocenters. The van der Waals surface area contributed by atoms with Crippen LogP contribution < -0.4 is 0 Å². The molecule has 0 saturated heterocycles. The molecule has 0 aromatic heterocycles. The molecule has 0 fully saturated rings. The Morgan fingerprint density at radius 3 is 2.75 bits per heavy atom. The first-order valence-corrected chi connectivity index (χ1v) is 2.96. The minimum Gasteiger partial charge on any atom is -0.258 e. The summed E-state index contributed by atoms with van der Waals surface area (Å²) < 4.78 is 12.6. The number of nitro groups is 1. The Bertz CT molecular complexity index is 370. The van der Waals surface area contributed by atoms with Gasteiger partial charge >= 0.3 is 0 Å². The van der Waals surface area contributed by atoms with Gasteiger partial charge in [-0.3, -0.25) is 10.1 Å². The van der Waals surface area contributed by atoms with E-state index < -0.39 is 10.7 Å². The Balaban J connectivity index is 3.25. The molecule has 1 rings (SSSR count). The Labute approximate surface area is 67.2 Å². The maximum Gasteiger partial charge on any atom is 0.259 e. The largest absolute Gasteiger partial charge is 0.259 e. The standard InChI is InChI=1S/C7H3FN2O2/c1-9-7-4-5(10(11)12)2-3-6(7)8/h2-4H. The van der Waals surface area contributed by atoms with E-state index in [1.54, 1.807) is 0 Å². The van der Waals surface area contributed by atoms with E-state index in [1.165, 1.54) is 0 Å². The number of hydrogen-bond donors (Lipinski definition) is 0. The SMILES string of the molecule is [C-]#[N+]c1cc([N+](=O)[O-])ccc1F. The second kappa shape index (κ2) is 2.96. The third-order valence-electron chi connectivity index (χ3n) is 1.26. The summed E-state index contributed by atoms with van der Waals surface area (Å²) in [4.78, 5) is 12.3. The topological polar surface area (TPSA) is 47.5 Å². The molecule has 0 spiro atoms. The van der Waals surface area contributed by atoms with E-state index in [9.17, 15) is 14.5 Å². The summed E-state index contributed by atoms with van der Waals surface area (Å²) in [6.45, 7) is 6.48. The van der Waals surface area contributed by atoms with Gasteiger partial charge in [0, 0.05) is 12.1 Å². The van der Waals surface area contributed by atoms with Crippen LogP contribution in [0.15, 0.2) is 18.2 Å². The van der Waals surface area contributed by atoms with Crippen molar-refractivity contribution >= 4 is 11.4 Å². The Morgan fingerprint density at radius 1 is 1.58 bits per heavy atom. The fourth-order valence-corrected chi connectivity index (χ4v) is 0.700. The lowest BCUT2D eigenvalue weighted by Gasteiger charge is -1.92. The lowest BCUT2D eigenvalue weighted by molar-refractivity contribution is -0.384. The van der Waals surface area contributed by atoms with Crippen LogP contribution in [0.2, 0.25) is 0 Å². The number of non-ortho nitro benzene ring substituents is 1. The molecule has 0 bridgehead atoms. The highest BCUT2D eigenvalue weighted by atomic mass is 19.1. The van der Waals surface area contributed by atoms with E-state index in [1.807, 2.05) is 0 Å². The summed E-state index contributed by atoms with van der Waals surface area (Å²) in [5.74, 6) is -0.740. The molecule has 60 valence electrons. The number of rotatable bonds is 1. The minimum atomic E-state index is -0.740. The average Bonchev–Trinajstić information content (AvgIpc) is 2.05. The van der Waals surface area contributed by atoms with Gasteiger partial charge in [0.25, 0.3) is 5.69 Å². The normalized spacial score (nSPS) is 9.00. The van der Waals surface area contributed by atoms with E-state index in [0.29, 0.717) is 0 Å². The molecular formula is C7H3FN2O2. The molecule has 0 aliphatic rings. The molecule has 0 radical (unpaired) electrons. The molecule has 0 aliphatic carbocycles. The summed E-state index contributed by atoms with van der Waals surface area (Å²) in [6.07, 6.45) is 0. The molecule has 0 N–H and O–H groups in total. The predicted octanol–water partition coefficient (Wildman–Crippen LogP) is 2.28. The van der Waals surface area contributed by atoms with Crippen LogP contribution in [0, 0.1) is 22.5 Å². The molecule has 12 heavy (non-hydrogen) atoms. The van der Waals surface area contributed by atoms with E-state index in [4.69, 9.17) is 6.57 Å². The van der Waals surface area contributed by atoms with Gasteiger partial charge in [-0.1, -0.05) is 0 Å². The van der Waals surface area contributed by atoms with Gasteiger partial charge in [-0.25, -0.2) is 9.24 Å². The molecule has 1 aromatic carbocycles. The van der Waals surface area contributed by atoms with Crippen LogP contribution in [0.1, 0.15) is 0 Å². The van der Waals surface area contributed by atoms with Crippen molar-refractivity contribution < 1.29 is 9.31 Å². The van der Waals surface area contributed by atoms with Gasteiger partial charge in [-0.05, 0) is 6.07 Å². The van der Waals surface area contributed by atoms with Gasteiger partial charge in [0.2, 0.25) is 5.69 Å². The molecule has 4 nitrogen and oxygen atoms in total. The molecule has 5 heteroatoms. The third kappa shape index (κ3) is 1.37. The van der Waals surface area contributed by atoms with Crippen LogP contribution in [0.3, 0.4) is 0 Å². The van der Waals surface area contributed by atoms with Crippen molar-refractivity contribution in [3.05, 3.63) is 45.5 Å². The zero-order valence-electron chi connectivity index (χ0n) is 5.82. The van der Waals surface area contributed by atoms with Gasteiger partial charge in [0.05, 0.1) is 11.5 Å². The fourth-order valence-electron chi connectivity index (χ4n) is 0.700. The van der Waals surface area contributed by atoms with Gasteiger partial charge in [0.1, 0.15) is 5.82 Å². The van der Waals surface area contributed by atoms with Crippen LogP contribution in [-0.2, 0) is 0 Å². The van der Waals surface area contributed by atoms with Crippen molar-refractivity contribution in [3.63, 3.8) is 0 Å². The fraction of sp³-hybridized carbons (Fsp3) is 0. The minimum absolute atomic E-state index is 0.276. The number of benzene rings is 1. The second-order valence-electron chi connectivity index (χ2n) is 2.00. The Morgan fingerprint density at radius 2 is 2.25 bits per heavy atom. The summed E-state index contributed by atoms with van der Waals surface area (Å²) in [5, 5.41) is 10.2. The second-order valence-corrected chi connectivity index (χ2v) is 2.00. The Hall–Kier alpha value is -1.96.